The van der Waals surface area contributed by atoms with Gasteiger partial charge in [-0.1, -0.05) is 17.7 Å². The number of aromatic nitrogens is 1. The predicted molar refractivity (Wildman–Crippen MR) is 140 cm³/mol. The van der Waals surface area contributed by atoms with Gasteiger partial charge in [0.1, 0.15) is 0 Å². The molecule has 5 rings (SSSR count). The molecule has 3 heterocycles. The molecule has 174 valence electrons. The molecule has 1 aromatic heterocycles. The molecule has 0 spiro atoms. The van der Waals surface area contributed by atoms with Crippen molar-refractivity contribution in [2.45, 2.75) is 6.92 Å². The Kier molecular flexibility index (Phi) is 6.50. The molecule has 0 N–H and O–H groups in total. The molecule has 2 saturated heterocycles. The van der Waals surface area contributed by atoms with Gasteiger partial charge >= 0.3 is 0 Å². The number of aryl methyl sites for hydroxylation is 1. The number of amidine groups is 1. The number of thioether (sulfide) groups is 1. The fourth-order valence-corrected chi connectivity index (χ4v) is 5.08. The van der Waals surface area contributed by atoms with Gasteiger partial charge < -0.3 is 14.2 Å². The second-order valence-electron chi connectivity index (χ2n) is 8.22. The number of rotatable bonds is 4. The van der Waals surface area contributed by atoms with Crippen LogP contribution in [0.2, 0.25) is 5.02 Å². The summed E-state index contributed by atoms with van der Waals surface area (Å²) in [6.07, 6.45) is 3.87. The van der Waals surface area contributed by atoms with Gasteiger partial charge in [-0.3, -0.25) is 9.69 Å². The van der Waals surface area contributed by atoms with E-state index in [2.05, 4.69) is 17.0 Å². The highest BCUT2D eigenvalue weighted by Gasteiger charge is 2.30. The van der Waals surface area contributed by atoms with Crippen LogP contribution in [-0.4, -0.2) is 53.9 Å². The Balaban J connectivity index is 1.37. The van der Waals surface area contributed by atoms with E-state index in [0.29, 0.717) is 15.1 Å². The number of carbonyl (C=O) groups is 1. The molecule has 0 bridgehead atoms. The smallest absolute Gasteiger partial charge is 0.266 e. The lowest BCUT2D eigenvalue weighted by atomic mass is 10.2. The Morgan fingerprint density at radius 2 is 1.79 bits per heavy atom. The molecule has 6 nitrogen and oxygen atoms in total. The number of nitrogens with zero attached hydrogens (tertiary/aromatic N) is 4. The highest BCUT2D eigenvalue weighted by molar-refractivity contribution is 8.18. The summed E-state index contributed by atoms with van der Waals surface area (Å²) in [5.41, 5.74) is 4.86. The summed E-state index contributed by atoms with van der Waals surface area (Å²) in [5.74, 6) is -0.0663. The number of likely N-dealkylation sites (N-methyl/N-ethyl adjacent to an activating group) is 1. The van der Waals surface area contributed by atoms with Gasteiger partial charge in [0.05, 0.1) is 23.8 Å². The number of ether oxygens (including phenoxy) is 1. The van der Waals surface area contributed by atoms with Gasteiger partial charge in [0, 0.05) is 48.4 Å². The van der Waals surface area contributed by atoms with E-state index in [1.54, 1.807) is 11.9 Å². The Bertz CT molecular complexity index is 1280. The highest BCUT2D eigenvalue weighted by atomic mass is 35.5. The number of amides is 1. The van der Waals surface area contributed by atoms with Crippen LogP contribution in [0.15, 0.2) is 70.7 Å². The maximum absolute atomic E-state index is 12.9. The molecule has 0 unspecified atom stereocenters. The van der Waals surface area contributed by atoms with Crippen molar-refractivity contribution in [2.24, 2.45) is 4.99 Å². The first-order valence-electron chi connectivity index (χ1n) is 11.1. The monoisotopic (exact) mass is 492 g/mol. The second-order valence-corrected chi connectivity index (χ2v) is 9.64. The van der Waals surface area contributed by atoms with Crippen molar-refractivity contribution in [3.05, 3.63) is 82.0 Å². The van der Waals surface area contributed by atoms with E-state index in [1.165, 1.54) is 11.8 Å². The van der Waals surface area contributed by atoms with Gasteiger partial charge in [0.15, 0.2) is 5.17 Å². The molecule has 2 aliphatic rings. The molecule has 2 aliphatic heterocycles. The average molecular weight is 493 g/mol. The maximum atomic E-state index is 12.9. The maximum Gasteiger partial charge on any atom is 0.266 e. The van der Waals surface area contributed by atoms with E-state index in [0.717, 1.165) is 54.6 Å². The minimum absolute atomic E-state index is 0.0663. The molecular formula is C26H25ClN4O2S. The third kappa shape index (κ3) is 4.64. The first-order chi connectivity index (χ1) is 16.5. The summed E-state index contributed by atoms with van der Waals surface area (Å²) in [4.78, 5) is 22.2. The van der Waals surface area contributed by atoms with Crippen molar-refractivity contribution in [3.8, 4) is 5.69 Å². The van der Waals surface area contributed by atoms with E-state index in [9.17, 15) is 4.79 Å². The third-order valence-corrected chi connectivity index (χ3v) is 7.41. The average Bonchev–Trinajstić information content (AvgIpc) is 3.42. The lowest BCUT2D eigenvalue weighted by Crippen LogP contribution is -2.36. The summed E-state index contributed by atoms with van der Waals surface area (Å²) in [6, 6.07) is 18.0. The number of anilines is 1. The number of benzene rings is 2. The number of carbonyl (C=O) groups excluding carboxylic acids is 1. The molecule has 2 aromatic carbocycles. The summed E-state index contributed by atoms with van der Waals surface area (Å²) in [6.45, 7) is 5.27. The van der Waals surface area contributed by atoms with E-state index in [4.69, 9.17) is 21.3 Å². The van der Waals surface area contributed by atoms with E-state index >= 15 is 0 Å². The molecule has 8 heteroatoms. The first kappa shape index (κ1) is 22.8. The van der Waals surface area contributed by atoms with Crippen molar-refractivity contribution in [3.63, 3.8) is 0 Å². The largest absolute Gasteiger partial charge is 0.378 e. The zero-order valence-corrected chi connectivity index (χ0v) is 20.6. The number of morpholine rings is 1. The minimum atomic E-state index is -0.0663. The fourth-order valence-electron chi connectivity index (χ4n) is 3.93. The van der Waals surface area contributed by atoms with Crippen LogP contribution < -0.4 is 4.90 Å². The Morgan fingerprint density at radius 3 is 2.53 bits per heavy atom. The van der Waals surface area contributed by atoms with Gasteiger partial charge in [0.2, 0.25) is 0 Å². The molecule has 34 heavy (non-hydrogen) atoms. The van der Waals surface area contributed by atoms with Crippen molar-refractivity contribution in [1.82, 2.24) is 9.47 Å². The molecule has 0 aliphatic carbocycles. The number of aliphatic imine (C=N–C) groups is 1. The van der Waals surface area contributed by atoms with Crippen LogP contribution in [0.3, 0.4) is 0 Å². The Labute approximate surface area is 208 Å². The normalized spacial score (nSPS) is 19.0. The first-order valence-corrected chi connectivity index (χ1v) is 12.3. The summed E-state index contributed by atoms with van der Waals surface area (Å²) in [5, 5.41) is 1.37. The Morgan fingerprint density at radius 1 is 1.06 bits per heavy atom. The molecule has 1 amide bonds. The molecular weight excluding hydrogens is 468 g/mol. The van der Waals surface area contributed by atoms with E-state index in [-0.39, 0.29) is 5.91 Å². The lowest BCUT2D eigenvalue weighted by Gasteiger charge is -2.28. The second kappa shape index (κ2) is 9.70. The van der Waals surface area contributed by atoms with Crippen LogP contribution >= 0.6 is 23.4 Å². The van der Waals surface area contributed by atoms with Crippen LogP contribution in [0, 0.1) is 6.92 Å². The molecule has 2 fully saturated rings. The summed E-state index contributed by atoms with van der Waals surface area (Å²) >= 11 is 7.71. The standard InChI is InChI=1S/C26H25ClN4O2S/c1-18-5-8-22(16-23(18)27)31-11-3-4-21(31)17-24-25(32)29(2)26(34-24)28-19-6-9-20(10-7-19)30-12-14-33-15-13-30/h3-11,16-17H,12-15H2,1-2H3/b24-17-,28-26?. The molecule has 0 radical (unpaired) electrons. The lowest BCUT2D eigenvalue weighted by molar-refractivity contribution is -0.121. The third-order valence-electron chi connectivity index (χ3n) is 5.95. The van der Waals surface area contributed by atoms with Gasteiger partial charge in [-0.05, 0) is 78.9 Å². The van der Waals surface area contributed by atoms with Crippen molar-refractivity contribution in [2.75, 3.05) is 38.3 Å². The summed E-state index contributed by atoms with van der Waals surface area (Å²) in [7, 11) is 1.76. The van der Waals surface area contributed by atoms with Gasteiger partial charge in [0.25, 0.3) is 5.91 Å². The molecule has 0 atom stereocenters. The Hall–Kier alpha value is -3.00. The van der Waals surface area contributed by atoms with Crippen LogP contribution in [0.25, 0.3) is 11.8 Å². The molecule has 3 aromatic rings. The van der Waals surface area contributed by atoms with Gasteiger partial charge in [-0.15, -0.1) is 0 Å². The van der Waals surface area contributed by atoms with Crippen LogP contribution in [0.4, 0.5) is 11.4 Å². The number of hydrogen-bond acceptors (Lipinski definition) is 5. The van der Waals surface area contributed by atoms with E-state index < -0.39 is 0 Å². The van der Waals surface area contributed by atoms with Gasteiger partial charge in [-0.2, -0.15) is 0 Å². The zero-order chi connectivity index (χ0) is 23.7. The van der Waals surface area contributed by atoms with Crippen molar-refractivity contribution in [1.29, 1.82) is 0 Å². The predicted octanol–water partition coefficient (Wildman–Crippen LogP) is 5.51. The molecule has 0 saturated carbocycles. The van der Waals surface area contributed by atoms with Crippen molar-refractivity contribution >= 4 is 51.9 Å². The SMILES string of the molecule is Cc1ccc(-n2cccc2/C=C2\SC(=Nc3ccc(N4CCOCC4)cc3)N(C)C2=O)cc1Cl. The fraction of sp³-hybridized carbons (Fsp3) is 0.231. The number of halogens is 1. The quantitative estimate of drug-likeness (QED) is 0.451. The van der Waals surface area contributed by atoms with Crippen molar-refractivity contribution < 1.29 is 9.53 Å². The zero-order valence-electron chi connectivity index (χ0n) is 19.1. The van der Waals surface area contributed by atoms with E-state index in [1.807, 2.05) is 66.2 Å². The number of hydrogen-bond donors (Lipinski definition) is 0. The topological polar surface area (TPSA) is 50.1 Å². The summed E-state index contributed by atoms with van der Waals surface area (Å²) < 4.78 is 7.45. The highest BCUT2D eigenvalue weighted by Crippen LogP contribution is 2.34. The van der Waals surface area contributed by atoms with Crippen LogP contribution in [0.5, 0.6) is 0 Å². The minimum Gasteiger partial charge on any atom is -0.378 e. The van der Waals surface area contributed by atoms with Gasteiger partial charge in [-0.25, -0.2) is 4.99 Å². The van der Waals surface area contributed by atoms with Crippen LogP contribution in [-0.2, 0) is 9.53 Å². The van der Waals surface area contributed by atoms with Crippen LogP contribution in [0.1, 0.15) is 11.3 Å².